The van der Waals surface area contributed by atoms with Gasteiger partial charge < -0.3 is 14.9 Å². The third-order valence-electron chi connectivity index (χ3n) is 3.39. The van der Waals surface area contributed by atoms with E-state index < -0.39 is 6.10 Å². The highest BCUT2D eigenvalue weighted by Gasteiger charge is 2.18. The SMILES string of the molecule is CCCN(CCC(C)C)C[C@@H](O)CN(C)C(=O)C(C)C. The quantitative estimate of drug-likeness (QED) is 0.670. The standard InChI is InChI=1S/C16H34N2O2/c1-7-9-18(10-8-13(2)3)12-15(19)11-17(6)16(20)14(4)5/h13-15,19H,7-12H2,1-6H3/t15-/m0/s1. The molecule has 0 saturated heterocycles. The molecule has 0 aliphatic rings. The maximum atomic E-state index is 11.8. The lowest BCUT2D eigenvalue weighted by Gasteiger charge is -2.28. The molecule has 1 atom stereocenters. The number of hydrogen-bond acceptors (Lipinski definition) is 3. The fraction of sp³-hybridized carbons (Fsp3) is 0.938. The molecule has 0 unspecified atom stereocenters. The van der Waals surface area contributed by atoms with Crippen LogP contribution in [0.2, 0.25) is 0 Å². The van der Waals surface area contributed by atoms with Gasteiger partial charge in [0.25, 0.3) is 0 Å². The highest BCUT2D eigenvalue weighted by Crippen LogP contribution is 2.05. The summed E-state index contributed by atoms with van der Waals surface area (Å²) < 4.78 is 0. The molecule has 0 rings (SSSR count). The predicted molar refractivity (Wildman–Crippen MR) is 84.7 cm³/mol. The van der Waals surface area contributed by atoms with E-state index in [0.29, 0.717) is 19.0 Å². The molecule has 0 saturated carbocycles. The number of carbonyl (C=O) groups is 1. The average Bonchev–Trinajstić information content (AvgIpc) is 2.34. The van der Waals surface area contributed by atoms with Crippen molar-refractivity contribution in [3.63, 3.8) is 0 Å². The number of rotatable bonds is 10. The minimum Gasteiger partial charge on any atom is -0.390 e. The van der Waals surface area contributed by atoms with Crippen LogP contribution in [0.4, 0.5) is 0 Å². The molecule has 1 N–H and O–H groups in total. The van der Waals surface area contributed by atoms with E-state index in [-0.39, 0.29) is 11.8 Å². The number of amides is 1. The fourth-order valence-electron chi connectivity index (χ4n) is 2.25. The first-order chi connectivity index (χ1) is 9.27. The Hall–Kier alpha value is -0.610. The van der Waals surface area contributed by atoms with Crippen LogP contribution in [-0.4, -0.2) is 60.1 Å². The van der Waals surface area contributed by atoms with Crippen molar-refractivity contribution in [1.82, 2.24) is 9.80 Å². The first-order valence-electron chi connectivity index (χ1n) is 7.93. The van der Waals surface area contributed by atoms with Crippen LogP contribution in [0.25, 0.3) is 0 Å². The zero-order valence-corrected chi connectivity index (χ0v) is 14.2. The van der Waals surface area contributed by atoms with Gasteiger partial charge in [-0.15, -0.1) is 0 Å². The van der Waals surface area contributed by atoms with Crippen molar-refractivity contribution < 1.29 is 9.90 Å². The van der Waals surface area contributed by atoms with Crippen molar-refractivity contribution in [2.45, 2.75) is 53.6 Å². The van der Waals surface area contributed by atoms with E-state index in [2.05, 4.69) is 25.7 Å². The van der Waals surface area contributed by atoms with Gasteiger partial charge in [0.05, 0.1) is 6.10 Å². The molecule has 0 aliphatic carbocycles. The molecule has 0 radical (unpaired) electrons. The second-order valence-corrected chi connectivity index (χ2v) is 6.51. The first-order valence-corrected chi connectivity index (χ1v) is 7.93. The lowest BCUT2D eigenvalue weighted by Crippen LogP contribution is -2.42. The highest BCUT2D eigenvalue weighted by atomic mass is 16.3. The van der Waals surface area contributed by atoms with Gasteiger partial charge in [-0.05, 0) is 31.8 Å². The molecule has 0 aliphatic heterocycles. The van der Waals surface area contributed by atoms with Crippen molar-refractivity contribution in [1.29, 1.82) is 0 Å². The predicted octanol–water partition coefficient (Wildman–Crippen LogP) is 2.22. The van der Waals surface area contributed by atoms with E-state index in [9.17, 15) is 9.90 Å². The largest absolute Gasteiger partial charge is 0.390 e. The minimum atomic E-state index is -0.471. The van der Waals surface area contributed by atoms with Crippen LogP contribution in [0.1, 0.15) is 47.5 Å². The summed E-state index contributed by atoms with van der Waals surface area (Å²) in [5, 5.41) is 10.2. The normalized spacial score (nSPS) is 13.3. The van der Waals surface area contributed by atoms with Crippen LogP contribution < -0.4 is 0 Å². The Balaban J connectivity index is 4.23. The Labute approximate surface area is 125 Å². The van der Waals surface area contributed by atoms with E-state index >= 15 is 0 Å². The van der Waals surface area contributed by atoms with E-state index in [1.165, 1.54) is 0 Å². The summed E-state index contributed by atoms with van der Waals surface area (Å²) in [5.41, 5.74) is 0. The maximum absolute atomic E-state index is 11.8. The van der Waals surface area contributed by atoms with Crippen molar-refractivity contribution in [3.8, 4) is 0 Å². The Morgan fingerprint density at radius 1 is 1.10 bits per heavy atom. The summed E-state index contributed by atoms with van der Waals surface area (Å²) in [6.45, 7) is 13.5. The van der Waals surface area contributed by atoms with Gasteiger partial charge in [-0.2, -0.15) is 0 Å². The molecular weight excluding hydrogens is 252 g/mol. The summed E-state index contributed by atoms with van der Waals surface area (Å²) in [6, 6.07) is 0. The minimum absolute atomic E-state index is 0.0140. The lowest BCUT2D eigenvalue weighted by atomic mass is 10.1. The summed E-state index contributed by atoms with van der Waals surface area (Å²) in [4.78, 5) is 15.8. The zero-order chi connectivity index (χ0) is 15.7. The molecule has 0 spiro atoms. The molecule has 0 fully saturated rings. The third-order valence-corrected chi connectivity index (χ3v) is 3.39. The fourth-order valence-corrected chi connectivity index (χ4v) is 2.25. The van der Waals surface area contributed by atoms with Gasteiger partial charge in [0.2, 0.25) is 5.91 Å². The Morgan fingerprint density at radius 3 is 2.15 bits per heavy atom. The van der Waals surface area contributed by atoms with Crippen LogP contribution in [0, 0.1) is 11.8 Å². The van der Waals surface area contributed by atoms with Crippen molar-refractivity contribution in [2.24, 2.45) is 11.8 Å². The maximum Gasteiger partial charge on any atom is 0.224 e. The molecule has 20 heavy (non-hydrogen) atoms. The molecule has 4 nitrogen and oxygen atoms in total. The molecule has 0 bridgehead atoms. The second kappa shape index (κ2) is 10.2. The lowest BCUT2D eigenvalue weighted by molar-refractivity contribution is -0.134. The molecule has 4 heteroatoms. The molecule has 0 heterocycles. The summed E-state index contributed by atoms with van der Waals surface area (Å²) in [5.74, 6) is 0.754. The average molecular weight is 286 g/mol. The van der Waals surface area contributed by atoms with Gasteiger partial charge in [-0.25, -0.2) is 0 Å². The van der Waals surface area contributed by atoms with Crippen molar-refractivity contribution in [2.75, 3.05) is 33.2 Å². The molecule has 0 aromatic carbocycles. The molecule has 1 amide bonds. The summed E-state index contributed by atoms with van der Waals surface area (Å²) in [6.07, 6.45) is 1.76. The van der Waals surface area contributed by atoms with E-state index in [1.807, 2.05) is 13.8 Å². The van der Waals surface area contributed by atoms with E-state index in [0.717, 1.165) is 25.9 Å². The molecule has 120 valence electrons. The van der Waals surface area contributed by atoms with Gasteiger partial charge in [-0.3, -0.25) is 4.79 Å². The van der Waals surface area contributed by atoms with Crippen LogP contribution in [0.5, 0.6) is 0 Å². The number of hydrogen-bond donors (Lipinski definition) is 1. The Bertz CT molecular complexity index is 267. The Kier molecular flexibility index (Phi) is 9.86. The van der Waals surface area contributed by atoms with Crippen LogP contribution >= 0.6 is 0 Å². The highest BCUT2D eigenvalue weighted by molar-refractivity contribution is 5.77. The van der Waals surface area contributed by atoms with Gasteiger partial charge in [0.1, 0.15) is 0 Å². The third kappa shape index (κ3) is 8.54. The van der Waals surface area contributed by atoms with E-state index in [4.69, 9.17) is 0 Å². The zero-order valence-electron chi connectivity index (χ0n) is 14.2. The monoisotopic (exact) mass is 286 g/mol. The van der Waals surface area contributed by atoms with Crippen molar-refractivity contribution >= 4 is 5.91 Å². The van der Waals surface area contributed by atoms with Gasteiger partial charge in [0.15, 0.2) is 0 Å². The van der Waals surface area contributed by atoms with Gasteiger partial charge in [-0.1, -0.05) is 34.6 Å². The topological polar surface area (TPSA) is 43.8 Å². The van der Waals surface area contributed by atoms with Crippen LogP contribution in [-0.2, 0) is 4.79 Å². The number of likely N-dealkylation sites (N-methyl/N-ethyl adjacent to an activating group) is 1. The Morgan fingerprint density at radius 2 is 1.70 bits per heavy atom. The summed E-state index contributed by atoms with van der Waals surface area (Å²) in [7, 11) is 1.77. The number of aliphatic hydroxyl groups is 1. The molecular formula is C16H34N2O2. The first kappa shape index (κ1) is 19.4. The number of carbonyl (C=O) groups excluding carboxylic acids is 1. The molecule has 0 aromatic rings. The number of aliphatic hydroxyl groups excluding tert-OH is 1. The number of nitrogens with zero attached hydrogens (tertiary/aromatic N) is 2. The smallest absolute Gasteiger partial charge is 0.224 e. The van der Waals surface area contributed by atoms with Gasteiger partial charge in [0, 0.05) is 26.1 Å². The van der Waals surface area contributed by atoms with Crippen molar-refractivity contribution in [3.05, 3.63) is 0 Å². The second-order valence-electron chi connectivity index (χ2n) is 6.51. The van der Waals surface area contributed by atoms with E-state index in [1.54, 1.807) is 11.9 Å². The van der Waals surface area contributed by atoms with Gasteiger partial charge >= 0.3 is 0 Å². The summed E-state index contributed by atoms with van der Waals surface area (Å²) >= 11 is 0. The van der Waals surface area contributed by atoms with Crippen LogP contribution in [0.15, 0.2) is 0 Å². The van der Waals surface area contributed by atoms with Crippen LogP contribution in [0.3, 0.4) is 0 Å². The molecule has 0 aromatic heterocycles.